The van der Waals surface area contributed by atoms with Gasteiger partial charge in [-0.15, -0.1) is 11.3 Å². The maximum absolute atomic E-state index is 4.56. The molecule has 0 saturated heterocycles. The molecule has 4 rings (SSSR count). The zero-order valence-electron chi connectivity index (χ0n) is 15.4. The van der Waals surface area contributed by atoms with E-state index in [0.29, 0.717) is 0 Å². The number of fused-ring (bicyclic) bond motifs is 1. The zero-order valence-corrected chi connectivity index (χ0v) is 16.2. The summed E-state index contributed by atoms with van der Waals surface area (Å²) < 4.78 is 0. The van der Waals surface area contributed by atoms with E-state index < -0.39 is 0 Å². The average Bonchev–Trinajstić information content (AvgIpc) is 2.96. The van der Waals surface area contributed by atoms with Crippen molar-refractivity contribution in [2.24, 2.45) is 0 Å². The van der Waals surface area contributed by atoms with E-state index in [1.54, 1.807) is 17.7 Å². The Morgan fingerprint density at radius 3 is 2.35 bits per heavy atom. The lowest BCUT2D eigenvalue weighted by Crippen LogP contribution is -1.96. The molecule has 4 heteroatoms. The second-order valence-electron chi connectivity index (χ2n) is 6.73. The van der Waals surface area contributed by atoms with Crippen molar-refractivity contribution >= 4 is 33.1 Å². The second kappa shape index (κ2) is 6.54. The van der Waals surface area contributed by atoms with Gasteiger partial charge in [-0.2, -0.15) is 0 Å². The molecule has 26 heavy (non-hydrogen) atoms. The Labute approximate surface area is 157 Å². The van der Waals surface area contributed by atoms with E-state index in [2.05, 4.69) is 85.4 Å². The fourth-order valence-electron chi connectivity index (χ4n) is 3.16. The van der Waals surface area contributed by atoms with Crippen molar-refractivity contribution in [2.45, 2.75) is 27.7 Å². The van der Waals surface area contributed by atoms with Gasteiger partial charge in [-0.3, -0.25) is 0 Å². The summed E-state index contributed by atoms with van der Waals surface area (Å²) in [5.41, 5.74) is 7.28. The van der Waals surface area contributed by atoms with Crippen LogP contribution in [0.3, 0.4) is 0 Å². The molecule has 2 aromatic heterocycles. The monoisotopic (exact) mass is 359 g/mol. The molecule has 0 spiro atoms. The van der Waals surface area contributed by atoms with Crippen LogP contribution in [0.15, 0.2) is 48.8 Å². The summed E-state index contributed by atoms with van der Waals surface area (Å²) >= 11 is 1.72. The van der Waals surface area contributed by atoms with Crippen LogP contribution >= 0.6 is 11.3 Å². The lowest BCUT2D eigenvalue weighted by atomic mass is 10.0. The predicted octanol–water partition coefficient (Wildman–Crippen LogP) is 6.34. The van der Waals surface area contributed by atoms with Crippen molar-refractivity contribution in [3.63, 3.8) is 0 Å². The summed E-state index contributed by atoms with van der Waals surface area (Å²) in [4.78, 5) is 11.3. The highest BCUT2D eigenvalue weighted by Crippen LogP contribution is 2.41. The minimum atomic E-state index is 0.859. The van der Waals surface area contributed by atoms with E-state index >= 15 is 0 Å². The molecule has 2 aromatic carbocycles. The third-order valence-corrected chi connectivity index (χ3v) is 5.79. The molecule has 0 radical (unpaired) electrons. The van der Waals surface area contributed by atoms with Gasteiger partial charge in [0.1, 0.15) is 17.0 Å². The van der Waals surface area contributed by atoms with Crippen LogP contribution in [0.25, 0.3) is 21.3 Å². The molecule has 0 bridgehead atoms. The smallest absolute Gasteiger partial charge is 0.143 e. The summed E-state index contributed by atoms with van der Waals surface area (Å²) in [5, 5.41) is 4.60. The highest BCUT2D eigenvalue weighted by Gasteiger charge is 2.17. The molecular weight excluding hydrogens is 338 g/mol. The topological polar surface area (TPSA) is 37.8 Å². The van der Waals surface area contributed by atoms with Crippen LogP contribution in [-0.4, -0.2) is 9.97 Å². The Hall–Kier alpha value is -2.72. The van der Waals surface area contributed by atoms with Gasteiger partial charge >= 0.3 is 0 Å². The molecule has 3 nitrogen and oxygen atoms in total. The molecule has 0 amide bonds. The first-order chi connectivity index (χ1) is 12.5. The Balaban J connectivity index is 1.87. The molecule has 0 aliphatic rings. The van der Waals surface area contributed by atoms with Crippen molar-refractivity contribution in [1.82, 2.24) is 9.97 Å². The van der Waals surface area contributed by atoms with E-state index in [4.69, 9.17) is 0 Å². The molecule has 0 unspecified atom stereocenters. The predicted molar refractivity (Wildman–Crippen MR) is 112 cm³/mol. The molecule has 1 N–H and O–H groups in total. The number of aryl methyl sites for hydroxylation is 4. The molecule has 2 heterocycles. The van der Waals surface area contributed by atoms with Gasteiger partial charge in [-0.25, -0.2) is 9.97 Å². The Bertz CT molecular complexity index is 1090. The fourth-order valence-corrected chi connectivity index (χ4v) is 4.18. The lowest BCUT2D eigenvalue weighted by Gasteiger charge is -2.11. The fraction of sp³-hybridized carbons (Fsp3) is 0.182. The molecule has 0 fully saturated rings. The first kappa shape index (κ1) is 16.7. The van der Waals surface area contributed by atoms with Crippen molar-refractivity contribution in [2.75, 3.05) is 5.32 Å². The molecule has 0 aliphatic carbocycles. The summed E-state index contributed by atoms with van der Waals surface area (Å²) in [7, 11) is 0. The van der Waals surface area contributed by atoms with Gasteiger partial charge in [-0.05, 0) is 56.5 Å². The van der Waals surface area contributed by atoms with Gasteiger partial charge in [0.2, 0.25) is 0 Å². The van der Waals surface area contributed by atoms with E-state index in [0.717, 1.165) is 21.7 Å². The Morgan fingerprint density at radius 2 is 1.62 bits per heavy atom. The number of hydrogen-bond acceptors (Lipinski definition) is 4. The number of benzene rings is 2. The van der Waals surface area contributed by atoms with Crippen molar-refractivity contribution < 1.29 is 0 Å². The van der Waals surface area contributed by atoms with Crippen LogP contribution in [-0.2, 0) is 0 Å². The number of hydrogen-bond donors (Lipinski definition) is 1. The molecule has 0 aliphatic heterocycles. The van der Waals surface area contributed by atoms with Crippen molar-refractivity contribution in [3.05, 3.63) is 70.4 Å². The SMILES string of the molecule is Cc1ccc(-c2c(C)sc3ncnc(Nc4ccc(C)c(C)c4)c23)cc1. The van der Waals surface area contributed by atoms with Gasteiger partial charge in [0.05, 0.1) is 5.39 Å². The van der Waals surface area contributed by atoms with E-state index in [-0.39, 0.29) is 0 Å². The van der Waals surface area contributed by atoms with E-state index in [1.807, 2.05) is 0 Å². The summed E-state index contributed by atoms with van der Waals surface area (Å²) in [6, 6.07) is 15.1. The molecule has 0 saturated carbocycles. The van der Waals surface area contributed by atoms with Gasteiger partial charge < -0.3 is 5.32 Å². The van der Waals surface area contributed by atoms with Gasteiger partial charge in [-0.1, -0.05) is 35.9 Å². The number of aromatic nitrogens is 2. The quantitative estimate of drug-likeness (QED) is 0.464. The zero-order chi connectivity index (χ0) is 18.3. The van der Waals surface area contributed by atoms with Gasteiger partial charge in [0.15, 0.2) is 0 Å². The summed E-state index contributed by atoms with van der Waals surface area (Å²) in [6.07, 6.45) is 1.64. The maximum Gasteiger partial charge on any atom is 0.143 e. The summed E-state index contributed by atoms with van der Waals surface area (Å²) in [5.74, 6) is 0.859. The van der Waals surface area contributed by atoms with Crippen LogP contribution in [0.5, 0.6) is 0 Å². The number of thiophene rings is 1. The van der Waals surface area contributed by atoms with Gasteiger partial charge in [0, 0.05) is 16.1 Å². The normalized spacial score (nSPS) is 11.1. The largest absolute Gasteiger partial charge is 0.340 e. The minimum Gasteiger partial charge on any atom is -0.340 e. The Morgan fingerprint density at radius 1 is 0.846 bits per heavy atom. The lowest BCUT2D eigenvalue weighted by molar-refractivity contribution is 1.23. The molecule has 0 atom stereocenters. The first-order valence-electron chi connectivity index (χ1n) is 8.68. The third-order valence-electron chi connectivity index (χ3n) is 4.77. The standard InChI is InChI=1S/C22H21N3S/c1-13-5-8-17(9-6-13)19-16(4)26-22-20(19)21(23-12-24-22)25-18-10-7-14(2)15(3)11-18/h5-12H,1-4H3,(H,23,24,25). The second-order valence-corrected chi connectivity index (χ2v) is 7.93. The van der Waals surface area contributed by atoms with E-state index in [1.165, 1.54) is 32.7 Å². The molecular formula is C22H21N3S. The van der Waals surface area contributed by atoms with Gasteiger partial charge in [0.25, 0.3) is 0 Å². The highest BCUT2D eigenvalue weighted by molar-refractivity contribution is 7.19. The minimum absolute atomic E-state index is 0.859. The number of rotatable bonds is 3. The summed E-state index contributed by atoms with van der Waals surface area (Å²) in [6.45, 7) is 8.52. The molecule has 130 valence electrons. The van der Waals surface area contributed by atoms with Crippen molar-refractivity contribution in [3.8, 4) is 11.1 Å². The first-order valence-corrected chi connectivity index (χ1v) is 9.50. The van der Waals surface area contributed by atoms with Crippen molar-refractivity contribution in [1.29, 1.82) is 0 Å². The number of nitrogens with one attached hydrogen (secondary N) is 1. The molecule has 4 aromatic rings. The average molecular weight is 359 g/mol. The van der Waals surface area contributed by atoms with Crippen LogP contribution in [0.4, 0.5) is 11.5 Å². The van der Waals surface area contributed by atoms with Crippen LogP contribution < -0.4 is 5.32 Å². The van der Waals surface area contributed by atoms with Crippen LogP contribution in [0.2, 0.25) is 0 Å². The Kier molecular flexibility index (Phi) is 4.21. The maximum atomic E-state index is 4.56. The number of nitrogens with zero attached hydrogens (tertiary/aromatic N) is 2. The number of anilines is 2. The third kappa shape index (κ3) is 2.97. The highest BCUT2D eigenvalue weighted by atomic mass is 32.1. The van der Waals surface area contributed by atoms with Crippen LogP contribution in [0.1, 0.15) is 21.6 Å². The van der Waals surface area contributed by atoms with Crippen LogP contribution in [0, 0.1) is 27.7 Å². The van der Waals surface area contributed by atoms with E-state index in [9.17, 15) is 0 Å².